The fourth-order valence-corrected chi connectivity index (χ4v) is 10.3. The second-order valence-corrected chi connectivity index (χ2v) is 16.4. The topological polar surface area (TPSA) is 52.4 Å². The molecular formula is C57H34N6. The Morgan fingerprint density at radius 2 is 0.714 bits per heavy atom. The van der Waals surface area contributed by atoms with E-state index in [0.717, 1.165) is 55.6 Å². The van der Waals surface area contributed by atoms with Gasteiger partial charge in [-0.3, -0.25) is 0 Å². The van der Waals surface area contributed by atoms with Crippen molar-refractivity contribution >= 4 is 76.5 Å². The molecule has 0 aliphatic rings. The van der Waals surface area contributed by atoms with Gasteiger partial charge in [-0.15, -0.1) is 0 Å². The van der Waals surface area contributed by atoms with Crippen LogP contribution >= 0.6 is 0 Å². The summed E-state index contributed by atoms with van der Waals surface area (Å²) in [6.45, 7) is 0. The molecule has 5 heterocycles. The molecule has 0 aliphatic carbocycles. The highest BCUT2D eigenvalue weighted by Crippen LogP contribution is 2.45. The first-order valence-corrected chi connectivity index (χ1v) is 21.4. The van der Waals surface area contributed by atoms with Crippen molar-refractivity contribution in [3.8, 4) is 51.0 Å². The predicted octanol–water partition coefficient (Wildman–Crippen LogP) is 14.2. The molecule has 0 N–H and O–H groups in total. The van der Waals surface area contributed by atoms with Gasteiger partial charge in [0, 0.05) is 49.0 Å². The smallest absolute Gasteiger partial charge is 0.166 e. The van der Waals surface area contributed by atoms with Gasteiger partial charge in [0.2, 0.25) is 0 Å². The summed E-state index contributed by atoms with van der Waals surface area (Å²) in [4.78, 5) is 15.7. The van der Waals surface area contributed by atoms with Crippen molar-refractivity contribution in [1.29, 1.82) is 0 Å². The third-order valence-corrected chi connectivity index (χ3v) is 13.0. The SMILES string of the molecule is c1ccc(-c2ccc(-c3nc(-c4ccccc4)nc(-c4ccccc4)n3)c(-n3c4cccc5c4c4c3cccc4n3c4ccccc4c4cc6c7ccccc7n5c6cc43)c2)cc1. The van der Waals surface area contributed by atoms with Crippen LogP contribution in [0.25, 0.3) is 127 Å². The molecule has 0 spiro atoms. The molecule has 0 fully saturated rings. The average Bonchev–Trinajstić information content (AvgIpc) is 3.99. The Morgan fingerprint density at radius 3 is 1.25 bits per heavy atom. The van der Waals surface area contributed by atoms with Gasteiger partial charge in [0.05, 0.1) is 49.8 Å². The number of aromatic nitrogens is 6. The zero-order chi connectivity index (χ0) is 41.2. The van der Waals surface area contributed by atoms with Crippen molar-refractivity contribution in [2.75, 3.05) is 0 Å². The van der Waals surface area contributed by atoms with Crippen molar-refractivity contribution in [2.24, 2.45) is 0 Å². The van der Waals surface area contributed by atoms with E-state index in [9.17, 15) is 0 Å². The Labute approximate surface area is 360 Å². The quantitative estimate of drug-likeness (QED) is 0.174. The lowest BCUT2D eigenvalue weighted by atomic mass is 10.0. The Balaban J connectivity index is 1.19. The molecule has 0 atom stereocenters. The van der Waals surface area contributed by atoms with Gasteiger partial charge < -0.3 is 13.4 Å². The van der Waals surface area contributed by atoms with Gasteiger partial charge >= 0.3 is 0 Å². The lowest BCUT2D eigenvalue weighted by Gasteiger charge is -2.16. The van der Waals surface area contributed by atoms with Crippen LogP contribution in [0.4, 0.5) is 0 Å². The predicted molar refractivity (Wildman–Crippen MR) is 259 cm³/mol. The molecule has 6 heteroatoms. The highest BCUT2D eigenvalue weighted by molar-refractivity contribution is 6.26. The van der Waals surface area contributed by atoms with Crippen molar-refractivity contribution in [2.45, 2.75) is 0 Å². The summed E-state index contributed by atoms with van der Waals surface area (Å²) in [6, 6.07) is 73.8. The number of hydrogen-bond acceptors (Lipinski definition) is 3. The molecule has 0 saturated carbocycles. The highest BCUT2D eigenvalue weighted by Gasteiger charge is 2.25. The summed E-state index contributed by atoms with van der Waals surface area (Å²) in [5.41, 5.74) is 15.2. The summed E-state index contributed by atoms with van der Waals surface area (Å²) in [6.07, 6.45) is 0. The van der Waals surface area contributed by atoms with Crippen LogP contribution in [0.2, 0.25) is 0 Å². The van der Waals surface area contributed by atoms with Crippen molar-refractivity contribution < 1.29 is 0 Å². The molecule has 0 radical (unpaired) electrons. The van der Waals surface area contributed by atoms with E-state index < -0.39 is 0 Å². The zero-order valence-electron chi connectivity index (χ0n) is 33.8. The maximum atomic E-state index is 5.30. The van der Waals surface area contributed by atoms with E-state index in [-0.39, 0.29) is 0 Å². The molecule has 0 unspecified atom stereocenters. The van der Waals surface area contributed by atoms with Crippen LogP contribution in [-0.2, 0) is 0 Å². The number of benzene rings is 9. The minimum Gasteiger partial charge on any atom is -0.308 e. The number of hydrogen-bond donors (Lipinski definition) is 0. The third kappa shape index (κ3) is 4.86. The maximum absolute atomic E-state index is 5.30. The van der Waals surface area contributed by atoms with Gasteiger partial charge in [0.1, 0.15) is 0 Å². The van der Waals surface area contributed by atoms with Gasteiger partial charge in [-0.05, 0) is 71.8 Å². The standard InChI is InChI=1S/C57H34N6/c1-4-16-35(17-5-1)38-30-31-41(57-59-55(36-18-6-2-7-19-36)58-56(60-57)37-20-8-3-9-21-37)50(32-38)63-48-28-14-26-46-53(48)54-47(27-15-29-49(54)63)62-45-25-13-11-23-40(45)43-33-42-39-22-10-12-24-44(39)61(46)51(42)34-52(43)62/h1-34H. The minimum absolute atomic E-state index is 0.604. The zero-order valence-corrected chi connectivity index (χ0v) is 33.8. The summed E-state index contributed by atoms with van der Waals surface area (Å²) in [7, 11) is 0. The summed E-state index contributed by atoms with van der Waals surface area (Å²) in [5.74, 6) is 1.85. The first-order chi connectivity index (χ1) is 31.3. The number of nitrogens with zero attached hydrogens (tertiary/aromatic N) is 6. The molecule has 0 saturated heterocycles. The highest BCUT2D eigenvalue weighted by atomic mass is 15.1. The largest absolute Gasteiger partial charge is 0.308 e. The molecular weight excluding hydrogens is 769 g/mol. The van der Waals surface area contributed by atoms with Gasteiger partial charge in [-0.25, -0.2) is 15.0 Å². The fraction of sp³-hybridized carbons (Fsp3) is 0. The van der Waals surface area contributed by atoms with E-state index in [4.69, 9.17) is 15.0 Å². The normalized spacial score (nSPS) is 12.1. The van der Waals surface area contributed by atoms with Gasteiger partial charge in [0.25, 0.3) is 0 Å². The van der Waals surface area contributed by atoms with E-state index in [1.54, 1.807) is 0 Å². The first kappa shape index (κ1) is 34.1. The van der Waals surface area contributed by atoms with Crippen LogP contribution in [-0.4, -0.2) is 28.3 Å². The van der Waals surface area contributed by atoms with Gasteiger partial charge in [-0.1, -0.05) is 146 Å². The van der Waals surface area contributed by atoms with Crippen LogP contribution in [0.1, 0.15) is 0 Å². The second kappa shape index (κ2) is 12.9. The van der Waals surface area contributed by atoms with Crippen LogP contribution in [0.3, 0.4) is 0 Å². The maximum Gasteiger partial charge on any atom is 0.166 e. The number of para-hydroxylation sites is 2. The Kier molecular flexibility index (Phi) is 7.02. The van der Waals surface area contributed by atoms with Crippen molar-refractivity contribution in [1.82, 2.24) is 28.3 Å². The number of rotatable bonds is 5. The Bertz CT molecular complexity index is 3910. The van der Waals surface area contributed by atoms with E-state index >= 15 is 0 Å². The van der Waals surface area contributed by atoms with E-state index in [1.807, 2.05) is 36.4 Å². The van der Waals surface area contributed by atoms with Gasteiger partial charge in [0.15, 0.2) is 17.5 Å². The lowest BCUT2D eigenvalue weighted by Crippen LogP contribution is -2.04. The lowest BCUT2D eigenvalue weighted by molar-refractivity contribution is 1.06. The Hall–Kier alpha value is -8.61. The van der Waals surface area contributed by atoms with Crippen molar-refractivity contribution in [3.63, 3.8) is 0 Å². The van der Waals surface area contributed by atoms with E-state index in [2.05, 4.69) is 183 Å². The van der Waals surface area contributed by atoms with Crippen LogP contribution in [0.15, 0.2) is 206 Å². The van der Waals surface area contributed by atoms with Crippen molar-refractivity contribution in [3.05, 3.63) is 206 Å². The molecule has 0 aliphatic heterocycles. The number of fused-ring (bicyclic) bond motifs is 8. The molecule has 9 aromatic carbocycles. The summed E-state index contributed by atoms with van der Waals surface area (Å²) < 4.78 is 7.44. The minimum atomic E-state index is 0.604. The second-order valence-electron chi connectivity index (χ2n) is 16.4. The summed E-state index contributed by atoms with van der Waals surface area (Å²) >= 11 is 0. The van der Waals surface area contributed by atoms with Crippen LogP contribution in [0, 0.1) is 0 Å². The molecule has 5 aromatic heterocycles. The molecule has 14 rings (SSSR count). The average molecular weight is 803 g/mol. The monoisotopic (exact) mass is 802 g/mol. The fourth-order valence-electron chi connectivity index (χ4n) is 10.3. The summed E-state index contributed by atoms with van der Waals surface area (Å²) in [5, 5.41) is 7.33. The molecule has 14 aromatic rings. The van der Waals surface area contributed by atoms with Gasteiger partial charge in [-0.2, -0.15) is 0 Å². The molecule has 292 valence electrons. The molecule has 0 amide bonds. The third-order valence-electron chi connectivity index (χ3n) is 13.0. The molecule has 2 bridgehead atoms. The Morgan fingerprint density at radius 1 is 0.270 bits per heavy atom. The molecule has 6 nitrogen and oxygen atoms in total. The van der Waals surface area contributed by atoms with E-state index in [0.29, 0.717) is 17.5 Å². The van der Waals surface area contributed by atoms with Crippen LogP contribution in [0.5, 0.6) is 0 Å². The molecule has 63 heavy (non-hydrogen) atoms. The van der Waals surface area contributed by atoms with Crippen LogP contribution < -0.4 is 0 Å². The van der Waals surface area contributed by atoms with E-state index in [1.165, 1.54) is 54.4 Å². The first-order valence-electron chi connectivity index (χ1n) is 21.4.